The van der Waals surface area contributed by atoms with E-state index in [1.54, 1.807) is 23.5 Å². The maximum Gasteiger partial charge on any atom is 0.276 e. The average molecular weight is 549 g/mol. The lowest BCUT2D eigenvalue weighted by Crippen LogP contribution is -2.44. The third kappa shape index (κ3) is 6.11. The van der Waals surface area contributed by atoms with Gasteiger partial charge in [0.05, 0.1) is 30.2 Å². The number of halogens is 2. The van der Waals surface area contributed by atoms with Gasteiger partial charge < -0.3 is 15.6 Å². The van der Waals surface area contributed by atoms with E-state index in [0.717, 1.165) is 60.7 Å². The van der Waals surface area contributed by atoms with Crippen molar-refractivity contribution in [3.63, 3.8) is 0 Å². The molecule has 1 amide bonds. The molecule has 2 saturated heterocycles. The highest BCUT2D eigenvalue weighted by molar-refractivity contribution is 6.49. The Bertz CT molecular complexity index is 1350. The van der Waals surface area contributed by atoms with Crippen LogP contribution in [0, 0.1) is 0 Å². The van der Waals surface area contributed by atoms with Crippen LogP contribution in [-0.2, 0) is 17.9 Å². The summed E-state index contributed by atoms with van der Waals surface area (Å²) in [6.07, 6.45) is 9.80. The molecule has 1 aliphatic carbocycles. The smallest absolute Gasteiger partial charge is 0.276 e. The van der Waals surface area contributed by atoms with E-state index in [0.29, 0.717) is 30.9 Å². The van der Waals surface area contributed by atoms with Crippen LogP contribution in [0.5, 0.6) is 0 Å². The number of piperazine rings is 1. The lowest BCUT2D eigenvalue weighted by molar-refractivity contribution is -0.110. The van der Waals surface area contributed by atoms with Crippen LogP contribution in [0.15, 0.2) is 59.6 Å². The Hall–Kier alpha value is -3.54. The molecule has 40 heavy (non-hydrogen) atoms. The number of amides is 1. The number of nitrogens with zero attached hydrogens (tertiary/aromatic N) is 6. The van der Waals surface area contributed by atoms with Crippen LogP contribution in [0.2, 0.25) is 0 Å². The van der Waals surface area contributed by atoms with E-state index in [-0.39, 0.29) is 24.9 Å². The molecule has 4 aliphatic rings. The number of hydrazone groups is 1. The monoisotopic (exact) mass is 548 g/mol. The van der Waals surface area contributed by atoms with E-state index in [1.165, 1.54) is 0 Å². The second-order valence-corrected chi connectivity index (χ2v) is 11.1. The molecular weight excluding hydrogens is 514 g/mol. The number of allylic oxidation sites excluding steroid dienone is 2. The Morgan fingerprint density at radius 3 is 2.70 bits per heavy atom. The van der Waals surface area contributed by atoms with E-state index < -0.39 is 5.92 Å². The molecule has 210 valence electrons. The number of carbonyl (C=O) groups is 1. The third-order valence-electron chi connectivity index (χ3n) is 7.93. The summed E-state index contributed by atoms with van der Waals surface area (Å²) in [5, 5.41) is 7.27. The number of carbonyl (C=O) groups excluding carboxylic acids is 1. The van der Waals surface area contributed by atoms with Crippen molar-refractivity contribution >= 4 is 22.9 Å². The second kappa shape index (κ2) is 11.1. The minimum Gasteiger partial charge on any atom is -0.319 e. The van der Waals surface area contributed by atoms with Gasteiger partial charge >= 0.3 is 0 Å². The fraction of sp³-hybridized carbons (Fsp3) is 0.448. The fourth-order valence-electron chi connectivity index (χ4n) is 5.59. The Labute approximate surface area is 232 Å². The Balaban J connectivity index is 1.09. The molecule has 2 aromatic rings. The summed E-state index contributed by atoms with van der Waals surface area (Å²) in [7, 11) is 2.14. The molecule has 0 aromatic carbocycles. The fourth-order valence-corrected chi connectivity index (χ4v) is 5.59. The average Bonchev–Trinajstić information content (AvgIpc) is 3.53. The maximum absolute atomic E-state index is 13.6. The van der Waals surface area contributed by atoms with Crippen LogP contribution >= 0.6 is 0 Å². The quantitative estimate of drug-likeness (QED) is 0.550. The molecule has 2 N–H and O–H groups in total. The van der Waals surface area contributed by atoms with Gasteiger partial charge in [0.2, 0.25) is 0 Å². The molecule has 9 nitrogen and oxygen atoms in total. The topological polar surface area (TPSA) is 89.0 Å². The number of pyridine rings is 2. The van der Waals surface area contributed by atoms with Crippen molar-refractivity contribution in [1.29, 1.82) is 0 Å². The van der Waals surface area contributed by atoms with Crippen LogP contribution in [0.25, 0.3) is 5.57 Å². The highest BCUT2D eigenvalue weighted by atomic mass is 19.3. The first-order valence-electron chi connectivity index (χ1n) is 13.8. The molecule has 0 spiro atoms. The summed E-state index contributed by atoms with van der Waals surface area (Å²) in [5.74, 6) is -2.91. The lowest BCUT2D eigenvalue weighted by atomic mass is 9.89. The Morgan fingerprint density at radius 2 is 1.95 bits per heavy atom. The van der Waals surface area contributed by atoms with Gasteiger partial charge in [-0.3, -0.25) is 24.6 Å². The van der Waals surface area contributed by atoms with Crippen molar-refractivity contribution in [2.45, 2.75) is 37.9 Å². The molecule has 0 radical (unpaired) electrons. The highest BCUT2D eigenvalue weighted by Crippen LogP contribution is 2.31. The SMILES string of the molecule is CN1CCN(Cc2ccc(NC(=O)C3=NNC4CC=C(c5cncc(CN6CCC(F)(F)C6)c5)C=C34)cn2)CC1. The van der Waals surface area contributed by atoms with Gasteiger partial charge in [-0.15, -0.1) is 0 Å². The van der Waals surface area contributed by atoms with Gasteiger partial charge in [-0.05, 0) is 48.9 Å². The number of likely N-dealkylation sites (tertiary alicyclic amines) is 1. The van der Waals surface area contributed by atoms with Gasteiger partial charge in [-0.1, -0.05) is 6.08 Å². The molecule has 2 aromatic heterocycles. The predicted molar refractivity (Wildman–Crippen MR) is 150 cm³/mol. The van der Waals surface area contributed by atoms with Crippen molar-refractivity contribution in [3.05, 3.63) is 71.3 Å². The van der Waals surface area contributed by atoms with Crippen molar-refractivity contribution < 1.29 is 13.6 Å². The number of nitrogens with one attached hydrogen (secondary N) is 2. The maximum atomic E-state index is 13.6. The normalized spacial score (nSPS) is 23.2. The highest BCUT2D eigenvalue weighted by Gasteiger charge is 2.38. The zero-order valence-corrected chi connectivity index (χ0v) is 22.6. The van der Waals surface area contributed by atoms with E-state index in [9.17, 15) is 13.6 Å². The molecular formula is C29H34F2N8O. The van der Waals surface area contributed by atoms with Crippen LogP contribution in [0.3, 0.4) is 0 Å². The molecule has 5 heterocycles. The minimum absolute atomic E-state index is 0.0726. The Morgan fingerprint density at radius 1 is 1.10 bits per heavy atom. The number of rotatable bonds is 7. The largest absolute Gasteiger partial charge is 0.319 e. The van der Waals surface area contributed by atoms with Crippen molar-refractivity contribution in [2.75, 3.05) is 51.6 Å². The summed E-state index contributed by atoms with van der Waals surface area (Å²) >= 11 is 0. The van der Waals surface area contributed by atoms with E-state index in [4.69, 9.17) is 0 Å². The number of alkyl halides is 2. The van der Waals surface area contributed by atoms with Crippen molar-refractivity contribution in [1.82, 2.24) is 30.1 Å². The Kier molecular flexibility index (Phi) is 7.43. The number of hydrogen-bond donors (Lipinski definition) is 2. The number of anilines is 1. The van der Waals surface area contributed by atoms with E-state index in [1.807, 2.05) is 24.3 Å². The molecule has 0 bridgehead atoms. The first-order chi connectivity index (χ1) is 19.3. The molecule has 6 rings (SSSR count). The molecule has 11 heteroatoms. The first kappa shape index (κ1) is 26.7. The molecule has 1 atom stereocenters. The second-order valence-electron chi connectivity index (χ2n) is 11.1. The predicted octanol–water partition coefficient (Wildman–Crippen LogP) is 2.75. The van der Waals surface area contributed by atoms with E-state index >= 15 is 0 Å². The molecule has 1 unspecified atom stereocenters. The summed E-state index contributed by atoms with van der Waals surface area (Å²) in [6.45, 7) is 5.54. The number of likely N-dealkylation sites (N-methyl/N-ethyl adjacent to an activating group) is 1. The molecule has 2 fully saturated rings. The summed E-state index contributed by atoms with van der Waals surface area (Å²) in [6, 6.07) is 5.75. The minimum atomic E-state index is -2.62. The van der Waals surface area contributed by atoms with E-state index in [2.05, 4.69) is 48.7 Å². The van der Waals surface area contributed by atoms with Gasteiger partial charge in [-0.25, -0.2) is 8.78 Å². The van der Waals surface area contributed by atoms with Gasteiger partial charge in [-0.2, -0.15) is 5.10 Å². The lowest BCUT2D eigenvalue weighted by Gasteiger charge is -2.32. The van der Waals surface area contributed by atoms with Crippen molar-refractivity contribution in [2.24, 2.45) is 5.10 Å². The summed E-state index contributed by atoms with van der Waals surface area (Å²) < 4.78 is 27.2. The van der Waals surface area contributed by atoms with Crippen molar-refractivity contribution in [3.8, 4) is 0 Å². The first-order valence-corrected chi connectivity index (χ1v) is 13.8. The number of fused-ring (bicyclic) bond motifs is 1. The van der Waals surface area contributed by atoms with Crippen LogP contribution in [0.4, 0.5) is 14.5 Å². The molecule has 0 saturated carbocycles. The standard InChI is InChI=1S/C29H34F2N8O/c1-37-8-10-38(11-9-37)18-24-4-3-23(16-33-24)34-28(40)27-25-13-21(2-5-26(25)35-36-27)22-12-20(14-32-15-22)17-39-7-6-29(30,31)19-39/h2-4,12-16,26,35H,5-11,17-19H2,1H3,(H,34,40). The zero-order valence-electron chi connectivity index (χ0n) is 22.6. The molecule has 3 aliphatic heterocycles. The van der Waals surface area contributed by atoms with Gasteiger partial charge in [0.15, 0.2) is 5.71 Å². The van der Waals surface area contributed by atoms with Gasteiger partial charge in [0, 0.05) is 75.8 Å². The third-order valence-corrected chi connectivity index (χ3v) is 7.93. The van der Waals surface area contributed by atoms with Crippen LogP contribution < -0.4 is 10.7 Å². The number of aromatic nitrogens is 2. The van der Waals surface area contributed by atoms with Crippen LogP contribution in [-0.4, -0.2) is 94.6 Å². The van der Waals surface area contributed by atoms with Crippen LogP contribution in [0.1, 0.15) is 29.7 Å². The summed E-state index contributed by atoms with van der Waals surface area (Å²) in [4.78, 5) is 28.6. The van der Waals surface area contributed by atoms with Gasteiger partial charge in [0.1, 0.15) is 0 Å². The zero-order chi connectivity index (χ0) is 27.7. The summed E-state index contributed by atoms with van der Waals surface area (Å²) in [5.41, 5.74) is 8.54. The van der Waals surface area contributed by atoms with Gasteiger partial charge in [0.25, 0.3) is 11.8 Å². The number of hydrogen-bond acceptors (Lipinski definition) is 8.